The molecule has 1 aromatic heterocycles. The van der Waals surface area contributed by atoms with Gasteiger partial charge in [-0.1, -0.05) is 0 Å². The molecule has 0 bridgehead atoms. The van der Waals surface area contributed by atoms with Crippen LogP contribution in [0.15, 0.2) is 10.7 Å². The molecule has 120 valence electrons. The lowest BCUT2D eigenvalue weighted by molar-refractivity contribution is 0.342. The minimum absolute atomic E-state index is 0.386. The van der Waals surface area contributed by atoms with Crippen LogP contribution in [0.25, 0.3) is 0 Å². The minimum atomic E-state index is 0.386. The number of nitrogens with one attached hydrogen (secondary N) is 1. The van der Waals surface area contributed by atoms with Crippen LogP contribution < -0.4 is 5.32 Å². The van der Waals surface area contributed by atoms with Gasteiger partial charge in [0.05, 0.1) is 29.0 Å². The molecule has 21 heavy (non-hydrogen) atoms. The molecule has 0 radical (unpaired) electrons. The molecule has 1 atom stereocenters. The first-order valence-corrected chi connectivity index (χ1v) is 9.67. The van der Waals surface area contributed by atoms with Crippen LogP contribution >= 0.6 is 27.7 Å². The average molecular weight is 375 g/mol. The van der Waals surface area contributed by atoms with Gasteiger partial charge in [-0.3, -0.25) is 4.68 Å². The van der Waals surface area contributed by atoms with Gasteiger partial charge in [0.25, 0.3) is 0 Å². The Morgan fingerprint density at radius 3 is 2.81 bits per heavy atom. The summed E-state index contributed by atoms with van der Waals surface area (Å²) in [6.45, 7) is 1.95. The molecule has 0 aromatic carbocycles. The van der Waals surface area contributed by atoms with E-state index < -0.39 is 0 Å². The molecule has 0 aliphatic carbocycles. The standard InChI is InChI=1S/C15H27BrN4S/c1-17-14(10-12-4-8-21-9-5-12)15-13(16)11-18-20(15)7-6-19(2)3/h11-12,14,17H,4-10H2,1-3H3. The Kier molecular flexibility index (Phi) is 7.05. The number of likely N-dealkylation sites (N-methyl/N-ethyl adjacent to an activating group) is 1. The SMILES string of the molecule is CNC(CC1CCSCC1)c1c(Br)cnn1CCN(C)C. The first-order valence-electron chi connectivity index (χ1n) is 7.72. The summed E-state index contributed by atoms with van der Waals surface area (Å²) in [4.78, 5) is 2.20. The third-order valence-corrected chi connectivity index (χ3v) is 5.84. The fourth-order valence-electron chi connectivity index (χ4n) is 2.87. The molecule has 1 N–H and O–H groups in total. The fraction of sp³-hybridized carbons (Fsp3) is 0.800. The smallest absolute Gasteiger partial charge is 0.0696 e. The van der Waals surface area contributed by atoms with E-state index in [2.05, 4.69) is 68.8 Å². The zero-order valence-electron chi connectivity index (χ0n) is 13.3. The van der Waals surface area contributed by atoms with Crippen molar-refractivity contribution in [3.63, 3.8) is 0 Å². The van der Waals surface area contributed by atoms with Crippen molar-refractivity contribution in [1.82, 2.24) is 20.0 Å². The zero-order valence-corrected chi connectivity index (χ0v) is 15.7. The highest BCUT2D eigenvalue weighted by Crippen LogP contribution is 2.33. The molecule has 2 rings (SSSR count). The highest BCUT2D eigenvalue weighted by molar-refractivity contribution is 9.10. The Hall–Kier alpha value is -0.0400. The second-order valence-corrected chi connectivity index (χ2v) is 8.12. The topological polar surface area (TPSA) is 33.1 Å². The van der Waals surface area contributed by atoms with Gasteiger partial charge in [0, 0.05) is 6.54 Å². The molecular formula is C15H27BrN4S. The predicted octanol–water partition coefficient (Wildman–Crippen LogP) is 3.00. The molecular weight excluding hydrogens is 348 g/mol. The first kappa shape index (κ1) is 17.3. The first-order chi connectivity index (χ1) is 10.1. The number of halogens is 1. The number of thioether (sulfide) groups is 1. The Balaban J connectivity index is 2.07. The van der Waals surface area contributed by atoms with E-state index in [0.29, 0.717) is 6.04 Å². The lowest BCUT2D eigenvalue weighted by Gasteiger charge is -2.27. The van der Waals surface area contributed by atoms with Gasteiger partial charge in [0.1, 0.15) is 0 Å². The number of nitrogens with zero attached hydrogens (tertiary/aromatic N) is 3. The summed E-state index contributed by atoms with van der Waals surface area (Å²) in [5.41, 5.74) is 1.30. The average Bonchev–Trinajstić information content (AvgIpc) is 2.85. The van der Waals surface area contributed by atoms with Gasteiger partial charge in [-0.15, -0.1) is 0 Å². The van der Waals surface area contributed by atoms with E-state index in [4.69, 9.17) is 0 Å². The van der Waals surface area contributed by atoms with Crippen molar-refractivity contribution < 1.29 is 0 Å². The zero-order chi connectivity index (χ0) is 15.2. The van der Waals surface area contributed by atoms with Crippen molar-refractivity contribution >= 4 is 27.7 Å². The normalized spacial score (nSPS) is 18.3. The van der Waals surface area contributed by atoms with Gasteiger partial charge >= 0.3 is 0 Å². The van der Waals surface area contributed by atoms with Gasteiger partial charge in [0.2, 0.25) is 0 Å². The molecule has 1 fully saturated rings. The molecule has 6 heteroatoms. The van der Waals surface area contributed by atoms with Crippen molar-refractivity contribution in [2.75, 3.05) is 39.2 Å². The van der Waals surface area contributed by atoms with E-state index in [-0.39, 0.29) is 0 Å². The van der Waals surface area contributed by atoms with Crippen LogP contribution in [0.2, 0.25) is 0 Å². The molecule has 2 heterocycles. The van der Waals surface area contributed by atoms with E-state index in [1.165, 1.54) is 36.5 Å². The molecule has 0 saturated carbocycles. The maximum absolute atomic E-state index is 4.55. The van der Waals surface area contributed by atoms with Gasteiger partial charge in [-0.2, -0.15) is 16.9 Å². The number of aromatic nitrogens is 2. The Labute approximate surface area is 141 Å². The lowest BCUT2D eigenvalue weighted by Crippen LogP contribution is -2.27. The summed E-state index contributed by atoms with van der Waals surface area (Å²) < 4.78 is 3.29. The van der Waals surface area contributed by atoms with Gasteiger partial charge in [0.15, 0.2) is 0 Å². The van der Waals surface area contributed by atoms with Crippen molar-refractivity contribution in [1.29, 1.82) is 0 Å². The van der Waals surface area contributed by atoms with E-state index in [9.17, 15) is 0 Å². The summed E-state index contributed by atoms with van der Waals surface area (Å²) in [6.07, 6.45) is 5.86. The Morgan fingerprint density at radius 1 is 1.48 bits per heavy atom. The monoisotopic (exact) mass is 374 g/mol. The summed E-state index contributed by atoms with van der Waals surface area (Å²) in [5.74, 6) is 3.48. The molecule has 1 aromatic rings. The number of rotatable bonds is 7. The van der Waals surface area contributed by atoms with Crippen LogP contribution in [0.1, 0.15) is 31.0 Å². The predicted molar refractivity (Wildman–Crippen MR) is 94.9 cm³/mol. The molecule has 4 nitrogen and oxygen atoms in total. The van der Waals surface area contributed by atoms with Crippen molar-refractivity contribution in [3.05, 3.63) is 16.4 Å². The van der Waals surface area contributed by atoms with Gasteiger partial charge < -0.3 is 10.2 Å². The number of hydrogen-bond donors (Lipinski definition) is 1. The van der Waals surface area contributed by atoms with Gasteiger partial charge in [-0.25, -0.2) is 0 Å². The van der Waals surface area contributed by atoms with Crippen molar-refractivity contribution in [3.8, 4) is 0 Å². The Bertz CT molecular complexity index is 429. The quantitative estimate of drug-likeness (QED) is 0.794. The molecule has 1 aliphatic heterocycles. The maximum Gasteiger partial charge on any atom is 0.0696 e. The van der Waals surface area contributed by atoms with Crippen molar-refractivity contribution in [2.45, 2.75) is 31.8 Å². The van der Waals surface area contributed by atoms with Crippen molar-refractivity contribution in [2.24, 2.45) is 5.92 Å². The van der Waals surface area contributed by atoms with Crippen LogP contribution in [0.5, 0.6) is 0 Å². The second kappa shape index (κ2) is 8.56. The second-order valence-electron chi connectivity index (χ2n) is 6.04. The highest BCUT2D eigenvalue weighted by Gasteiger charge is 2.24. The van der Waals surface area contributed by atoms with E-state index in [0.717, 1.165) is 23.5 Å². The van der Waals surface area contributed by atoms with Crippen LogP contribution in [0.4, 0.5) is 0 Å². The maximum atomic E-state index is 4.55. The van der Waals surface area contributed by atoms with Gasteiger partial charge in [-0.05, 0) is 73.8 Å². The van der Waals surface area contributed by atoms with E-state index in [1.54, 1.807) is 0 Å². The largest absolute Gasteiger partial charge is 0.312 e. The molecule has 1 saturated heterocycles. The van der Waals surface area contributed by atoms with Crippen LogP contribution in [-0.4, -0.2) is 53.9 Å². The van der Waals surface area contributed by atoms with Crippen LogP contribution in [0, 0.1) is 5.92 Å². The summed E-state index contributed by atoms with van der Waals surface area (Å²) in [7, 11) is 6.28. The minimum Gasteiger partial charge on any atom is -0.312 e. The van der Waals surface area contributed by atoms with Crippen LogP contribution in [0.3, 0.4) is 0 Å². The lowest BCUT2D eigenvalue weighted by atomic mass is 9.93. The molecule has 0 amide bonds. The number of hydrogen-bond acceptors (Lipinski definition) is 4. The molecule has 1 aliphatic rings. The van der Waals surface area contributed by atoms with Crippen LogP contribution in [-0.2, 0) is 6.54 Å². The highest BCUT2D eigenvalue weighted by atomic mass is 79.9. The summed E-state index contributed by atoms with van der Waals surface area (Å²) >= 11 is 5.79. The summed E-state index contributed by atoms with van der Waals surface area (Å²) in [6, 6.07) is 0.386. The van der Waals surface area contributed by atoms with E-state index in [1.807, 2.05) is 6.20 Å². The summed E-state index contributed by atoms with van der Waals surface area (Å²) in [5, 5.41) is 8.06. The molecule has 0 spiro atoms. The third-order valence-electron chi connectivity index (χ3n) is 4.18. The fourth-order valence-corrected chi connectivity index (χ4v) is 4.65. The molecule has 1 unspecified atom stereocenters. The third kappa shape index (κ3) is 4.98. The Morgan fingerprint density at radius 2 is 2.19 bits per heavy atom. The van der Waals surface area contributed by atoms with E-state index >= 15 is 0 Å².